The van der Waals surface area contributed by atoms with Crippen LogP contribution < -0.4 is 15.1 Å². The van der Waals surface area contributed by atoms with Gasteiger partial charge >= 0.3 is 0 Å². The molecule has 8 heteroatoms. The van der Waals surface area contributed by atoms with Crippen LogP contribution in [0.4, 0.5) is 17.3 Å². The van der Waals surface area contributed by atoms with Crippen LogP contribution >= 0.6 is 0 Å². The van der Waals surface area contributed by atoms with Gasteiger partial charge in [-0.1, -0.05) is 18.2 Å². The first kappa shape index (κ1) is 18.0. The Kier molecular flexibility index (Phi) is 4.90. The summed E-state index contributed by atoms with van der Waals surface area (Å²) in [5.74, 6) is 2.74. The lowest BCUT2D eigenvalue weighted by Gasteiger charge is -2.36. The van der Waals surface area contributed by atoms with Crippen LogP contribution in [-0.2, 0) is 9.84 Å². The van der Waals surface area contributed by atoms with Gasteiger partial charge in [-0.15, -0.1) is 0 Å². The molecule has 1 aromatic heterocycles. The lowest BCUT2D eigenvalue weighted by atomic mass is 10.2. The molecule has 7 nitrogen and oxygen atoms in total. The Morgan fingerprint density at radius 3 is 2.41 bits per heavy atom. The fourth-order valence-corrected chi connectivity index (χ4v) is 5.41. The predicted molar refractivity (Wildman–Crippen MR) is 108 cm³/mol. The van der Waals surface area contributed by atoms with E-state index in [1.807, 2.05) is 19.1 Å². The highest BCUT2D eigenvalue weighted by molar-refractivity contribution is 7.91. The maximum Gasteiger partial charge on any atom is 0.152 e. The van der Waals surface area contributed by atoms with Crippen LogP contribution in [0.15, 0.2) is 36.4 Å². The second-order valence-electron chi connectivity index (χ2n) is 7.21. The number of aryl methyl sites for hydroxylation is 1. The van der Waals surface area contributed by atoms with Gasteiger partial charge in [-0.2, -0.15) is 0 Å². The van der Waals surface area contributed by atoms with Crippen molar-refractivity contribution in [2.45, 2.75) is 19.4 Å². The van der Waals surface area contributed by atoms with Gasteiger partial charge in [-0.05, 0) is 25.5 Å². The Morgan fingerprint density at radius 1 is 1.04 bits per heavy atom. The van der Waals surface area contributed by atoms with Crippen molar-refractivity contribution in [1.82, 2.24) is 9.97 Å². The third-order valence-electron chi connectivity index (χ3n) is 5.13. The molecular weight excluding hydrogens is 362 g/mol. The molecule has 1 aromatic carbocycles. The summed E-state index contributed by atoms with van der Waals surface area (Å²) in [6.45, 7) is 5.54. The minimum atomic E-state index is -2.91. The van der Waals surface area contributed by atoms with E-state index in [2.05, 4.69) is 49.4 Å². The van der Waals surface area contributed by atoms with Crippen molar-refractivity contribution in [2.24, 2.45) is 0 Å². The molecule has 2 aliphatic heterocycles. The average molecular weight is 388 g/mol. The number of para-hydroxylation sites is 1. The number of hydrogen-bond acceptors (Lipinski definition) is 7. The Bertz CT molecular complexity index is 896. The minimum absolute atomic E-state index is 0.0629. The summed E-state index contributed by atoms with van der Waals surface area (Å²) in [5.41, 5.74) is 1.25. The summed E-state index contributed by atoms with van der Waals surface area (Å²) in [5, 5.41) is 3.28. The van der Waals surface area contributed by atoms with Crippen LogP contribution in [0.3, 0.4) is 0 Å². The molecule has 2 aliphatic rings. The van der Waals surface area contributed by atoms with Crippen molar-refractivity contribution in [3.8, 4) is 0 Å². The zero-order chi connectivity index (χ0) is 18.9. The van der Waals surface area contributed by atoms with E-state index in [-0.39, 0.29) is 17.5 Å². The van der Waals surface area contributed by atoms with Crippen LogP contribution in [0.5, 0.6) is 0 Å². The molecule has 0 aliphatic carbocycles. The number of nitrogens with one attached hydrogen (secondary N) is 1. The van der Waals surface area contributed by atoms with E-state index in [0.717, 1.165) is 32.0 Å². The summed E-state index contributed by atoms with van der Waals surface area (Å²) < 4.78 is 23.3. The van der Waals surface area contributed by atoms with Gasteiger partial charge in [0, 0.05) is 44.0 Å². The van der Waals surface area contributed by atoms with Crippen molar-refractivity contribution in [3.63, 3.8) is 0 Å². The molecule has 2 fully saturated rings. The molecule has 3 heterocycles. The summed E-state index contributed by atoms with van der Waals surface area (Å²) >= 11 is 0. The van der Waals surface area contributed by atoms with Gasteiger partial charge in [-0.3, -0.25) is 0 Å². The highest BCUT2D eigenvalue weighted by Gasteiger charge is 2.28. The predicted octanol–water partition coefficient (Wildman–Crippen LogP) is 1.71. The van der Waals surface area contributed by atoms with Gasteiger partial charge in [0.15, 0.2) is 9.84 Å². The molecular formula is C19H25N5O2S. The van der Waals surface area contributed by atoms with Crippen LogP contribution in [0.1, 0.15) is 12.2 Å². The van der Waals surface area contributed by atoms with Gasteiger partial charge in [0.05, 0.1) is 11.5 Å². The first-order chi connectivity index (χ1) is 13.0. The van der Waals surface area contributed by atoms with Gasteiger partial charge in [-0.25, -0.2) is 18.4 Å². The number of benzene rings is 1. The number of piperazine rings is 1. The monoisotopic (exact) mass is 387 g/mol. The molecule has 1 unspecified atom stereocenters. The normalized spacial score (nSPS) is 22.0. The molecule has 0 saturated carbocycles. The van der Waals surface area contributed by atoms with E-state index >= 15 is 0 Å². The van der Waals surface area contributed by atoms with Gasteiger partial charge in [0.1, 0.15) is 17.5 Å². The zero-order valence-electron chi connectivity index (χ0n) is 15.5. The van der Waals surface area contributed by atoms with Gasteiger partial charge in [0.2, 0.25) is 0 Å². The maximum atomic E-state index is 11.7. The van der Waals surface area contributed by atoms with Crippen molar-refractivity contribution in [1.29, 1.82) is 0 Å². The zero-order valence-corrected chi connectivity index (χ0v) is 16.3. The van der Waals surface area contributed by atoms with Gasteiger partial charge < -0.3 is 15.1 Å². The SMILES string of the molecule is Cc1nc(NC2CCS(=O)(=O)C2)cc(N2CCN(c3ccccc3)CC2)n1. The number of aromatic nitrogens is 2. The highest BCUT2D eigenvalue weighted by Crippen LogP contribution is 2.22. The fourth-order valence-electron chi connectivity index (χ4n) is 3.74. The van der Waals surface area contributed by atoms with E-state index in [1.54, 1.807) is 0 Å². The largest absolute Gasteiger partial charge is 0.368 e. The van der Waals surface area contributed by atoms with Crippen molar-refractivity contribution in [2.75, 3.05) is 52.8 Å². The van der Waals surface area contributed by atoms with E-state index in [0.29, 0.717) is 18.1 Å². The summed E-state index contributed by atoms with van der Waals surface area (Å²) in [6.07, 6.45) is 0.635. The maximum absolute atomic E-state index is 11.7. The summed E-state index contributed by atoms with van der Waals surface area (Å²) in [7, 11) is -2.91. The Morgan fingerprint density at radius 2 is 1.74 bits per heavy atom. The molecule has 27 heavy (non-hydrogen) atoms. The van der Waals surface area contributed by atoms with Gasteiger partial charge in [0.25, 0.3) is 0 Å². The number of nitrogens with zero attached hydrogens (tertiary/aromatic N) is 4. The lowest BCUT2D eigenvalue weighted by Crippen LogP contribution is -2.47. The quantitative estimate of drug-likeness (QED) is 0.856. The molecule has 0 spiro atoms. The molecule has 144 valence electrons. The molecule has 0 bridgehead atoms. The smallest absolute Gasteiger partial charge is 0.152 e. The first-order valence-corrected chi connectivity index (χ1v) is 11.2. The van der Waals surface area contributed by atoms with Crippen molar-refractivity contribution in [3.05, 3.63) is 42.2 Å². The fraction of sp³-hybridized carbons (Fsp3) is 0.474. The lowest BCUT2D eigenvalue weighted by molar-refractivity contribution is 0.602. The Balaban J connectivity index is 1.43. The highest BCUT2D eigenvalue weighted by atomic mass is 32.2. The van der Waals surface area contributed by atoms with Crippen LogP contribution in [0.2, 0.25) is 0 Å². The molecule has 2 saturated heterocycles. The molecule has 0 amide bonds. The molecule has 0 radical (unpaired) electrons. The molecule has 1 N–H and O–H groups in total. The number of sulfone groups is 1. The van der Waals surface area contributed by atoms with Crippen LogP contribution in [0.25, 0.3) is 0 Å². The second kappa shape index (κ2) is 7.34. The standard InChI is InChI=1S/C19H25N5O2S/c1-15-20-18(22-16-7-12-27(25,26)14-16)13-19(21-15)24-10-8-23(9-11-24)17-5-3-2-4-6-17/h2-6,13,16H,7-12,14H2,1H3,(H,20,21,22). The van der Waals surface area contributed by atoms with E-state index < -0.39 is 9.84 Å². The minimum Gasteiger partial charge on any atom is -0.368 e. The number of anilines is 3. The number of rotatable bonds is 4. The van der Waals surface area contributed by atoms with Crippen LogP contribution in [-0.4, -0.2) is 62.1 Å². The van der Waals surface area contributed by atoms with E-state index in [1.165, 1.54) is 5.69 Å². The second-order valence-corrected chi connectivity index (χ2v) is 9.44. The Hall–Kier alpha value is -2.35. The average Bonchev–Trinajstić information content (AvgIpc) is 3.00. The summed E-state index contributed by atoms with van der Waals surface area (Å²) in [6, 6.07) is 12.3. The third-order valence-corrected chi connectivity index (χ3v) is 6.90. The molecule has 4 rings (SSSR count). The number of hydrogen-bond donors (Lipinski definition) is 1. The van der Waals surface area contributed by atoms with Crippen molar-refractivity contribution >= 4 is 27.2 Å². The van der Waals surface area contributed by atoms with E-state index in [9.17, 15) is 8.42 Å². The van der Waals surface area contributed by atoms with E-state index in [4.69, 9.17) is 0 Å². The molecule has 2 aromatic rings. The van der Waals surface area contributed by atoms with Crippen molar-refractivity contribution < 1.29 is 8.42 Å². The Labute approximate surface area is 160 Å². The third kappa shape index (κ3) is 4.32. The molecule has 1 atom stereocenters. The summed E-state index contributed by atoms with van der Waals surface area (Å²) in [4.78, 5) is 13.7. The van der Waals surface area contributed by atoms with Crippen LogP contribution in [0, 0.1) is 6.92 Å². The first-order valence-electron chi connectivity index (χ1n) is 9.36. The topological polar surface area (TPSA) is 78.4 Å².